The van der Waals surface area contributed by atoms with E-state index in [9.17, 15) is 4.79 Å². The Hall–Kier alpha value is -2.41. The summed E-state index contributed by atoms with van der Waals surface area (Å²) in [5.74, 6) is 0.570. The Bertz CT molecular complexity index is 685. The van der Waals surface area contributed by atoms with Crippen molar-refractivity contribution >= 4 is 11.8 Å². The monoisotopic (exact) mass is 315 g/mol. The summed E-state index contributed by atoms with van der Waals surface area (Å²) in [5.41, 5.74) is 1.98. The summed E-state index contributed by atoms with van der Waals surface area (Å²) in [4.78, 5) is 18.4. The molecule has 2 aromatic heterocycles. The third kappa shape index (κ3) is 4.07. The Morgan fingerprint density at radius 3 is 3.04 bits per heavy atom. The van der Waals surface area contributed by atoms with Crippen molar-refractivity contribution in [3.63, 3.8) is 0 Å². The highest BCUT2D eigenvalue weighted by atomic mass is 16.5. The molecule has 7 nitrogen and oxygen atoms in total. The summed E-state index contributed by atoms with van der Waals surface area (Å²) in [6.07, 6.45) is 3.73. The quantitative estimate of drug-likeness (QED) is 0.938. The third-order valence-corrected chi connectivity index (χ3v) is 3.70. The number of hydrogen-bond donors (Lipinski definition) is 1. The number of carbonyl (C=O) groups is 1. The molecule has 1 fully saturated rings. The summed E-state index contributed by atoms with van der Waals surface area (Å²) >= 11 is 0. The highest BCUT2D eigenvalue weighted by Crippen LogP contribution is 2.11. The van der Waals surface area contributed by atoms with Gasteiger partial charge in [0.1, 0.15) is 5.82 Å². The van der Waals surface area contributed by atoms with Crippen molar-refractivity contribution in [2.75, 3.05) is 25.0 Å². The number of aryl methyl sites for hydroxylation is 2. The number of amides is 2. The van der Waals surface area contributed by atoms with Gasteiger partial charge in [-0.3, -0.25) is 10.00 Å². The summed E-state index contributed by atoms with van der Waals surface area (Å²) < 4.78 is 7.59. The van der Waals surface area contributed by atoms with Gasteiger partial charge in [-0.1, -0.05) is 6.07 Å². The molecule has 23 heavy (non-hydrogen) atoms. The van der Waals surface area contributed by atoms with Gasteiger partial charge in [-0.2, -0.15) is 5.10 Å². The van der Waals surface area contributed by atoms with E-state index in [0.29, 0.717) is 32.1 Å². The molecule has 0 unspecified atom stereocenters. The van der Waals surface area contributed by atoms with Crippen molar-refractivity contribution in [1.29, 1.82) is 0 Å². The van der Waals surface area contributed by atoms with Crippen molar-refractivity contribution in [2.24, 2.45) is 0 Å². The molecule has 2 amide bonds. The van der Waals surface area contributed by atoms with Crippen molar-refractivity contribution in [3.05, 3.63) is 41.9 Å². The number of nitrogens with one attached hydrogen (secondary N) is 1. The van der Waals surface area contributed by atoms with Crippen LogP contribution in [0.3, 0.4) is 0 Å². The fourth-order valence-electron chi connectivity index (χ4n) is 2.59. The molecule has 1 aliphatic rings. The molecule has 0 spiro atoms. The minimum atomic E-state index is -0.145. The maximum Gasteiger partial charge on any atom is 0.323 e. The molecule has 1 atom stereocenters. The van der Waals surface area contributed by atoms with Gasteiger partial charge in [0.15, 0.2) is 0 Å². The Morgan fingerprint density at radius 1 is 1.43 bits per heavy atom. The Balaban J connectivity index is 1.58. The van der Waals surface area contributed by atoms with Gasteiger partial charge < -0.3 is 9.64 Å². The Morgan fingerprint density at radius 2 is 2.30 bits per heavy atom. The van der Waals surface area contributed by atoms with Crippen molar-refractivity contribution in [2.45, 2.75) is 26.5 Å². The van der Waals surface area contributed by atoms with Crippen molar-refractivity contribution in [1.82, 2.24) is 19.7 Å². The second-order valence-corrected chi connectivity index (χ2v) is 5.77. The van der Waals surface area contributed by atoms with E-state index >= 15 is 0 Å². The number of hydrogen-bond acceptors (Lipinski definition) is 4. The standard InChI is InChI=1S/C16H21N5O2/c1-12-8-17-21(9-12)11-14-10-20(6-7-23-14)16(22)19-15-5-3-4-13(2)18-15/h3-5,8-9,14H,6-7,10-11H2,1-2H3,(H,18,19,22)/t14-/m0/s1. The van der Waals surface area contributed by atoms with Gasteiger partial charge in [-0.25, -0.2) is 9.78 Å². The van der Waals surface area contributed by atoms with E-state index in [1.807, 2.05) is 43.1 Å². The number of rotatable bonds is 3. The minimum Gasteiger partial charge on any atom is -0.373 e. The SMILES string of the molecule is Cc1cnn(C[C@@H]2CN(C(=O)Nc3cccc(C)n3)CCO2)c1. The molecule has 122 valence electrons. The molecular formula is C16H21N5O2. The summed E-state index contributed by atoms with van der Waals surface area (Å²) in [7, 11) is 0. The lowest BCUT2D eigenvalue weighted by Gasteiger charge is -2.32. The highest BCUT2D eigenvalue weighted by molar-refractivity contribution is 5.88. The number of nitrogens with zero attached hydrogens (tertiary/aromatic N) is 4. The molecule has 0 aromatic carbocycles. The van der Waals surface area contributed by atoms with Gasteiger partial charge in [0.05, 0.1) is 32.0 Å². The summed E-state index contributed by atoms with van der Waals surface area (Å²) in [5, 5.41) is 7.10. The second kappa shape index (κ2) is 6.78. The lowest BCUT2D eigenvalue weighted by atomic mass is 10.3. The van der Waals surface area contributed by atoms with Gasteiger partial charge in [-0.15, -0.1) is 0 Å². The van der Waals surface area contributed by atoms with Gasteiger partial charge in [0.2, 0.25) is 0 Å². The molecule has 3 heterocycles. The zero-order valence-electron chi connectivity index (χ0n) is 13.4. The van der Waals surface area contributed by atoms with Gasteiger partial charge >= 0.3 is 6.03 Å². The van der Waals surface area contributed by atoms with Crippen LogP contribution in [0.2, 0.25) is 0 Å². The lowest BCUT2D eigenvalue weighted by molar-refractivity contribution is -0.0220. The number of morpholine rings is 1. The van der Waals surface area contributed by atoms with Crippen LogP contribution >= 0.6 is 0 Å². The van der Waals surface area contributed by atoms with Crippen LogP contribution in [0.1, 0.15) is 11.3 Å². The highest BCUT2D eigenvalue weighted by Gasteiger charge is 2.25. The smallest absolute Gasteiger partial charge is 0.323 e. The summed E-state index contributed by atoms with van der Waals surface area (Å²) in [6.45, 7) is 6.18. The lowest BCUT2D eigenvalue weighted by Crippen LogP contribution is -2.48. The minimum absolute atomic E-state index is 0.0562. The van der Waals surface area contributed by atoms with Crippen LogP contribution < -0.4 is 5.32 Å². The van der Waals surface area contributed by atoms with E-state index in [4.69, 9.17) is 4.74 Å². The molecule has 0 saturated carbocycles. The maximum atomic E-state index is 12.4. The van der Waals surface area contributed by atoms with E-state index in [1.54, 1.807) is 11.0 Å². The van der Waals surface area contributed by atoms with E-state index < -0.39 is 0 Å². The number of aromatic nitrogens is 3. The topological polar surface area (TPSA) is 72.3 Å². The number of pyridine rings is 1. The predicted molar refractivity (Wildman–Crippen MR) is 86.3 cm³/mol. The average molecular weight is 315 g/mol. The normalized spacial score (nSPS) is 18.0. The number of ether oxygens (including phenoxy) is 1. The first-order valence-corrected chi connectivity index (χ1v) is 7.70. The maximum absolute atomic E-state index is 12.4. The molecule has 1 N–H and O–H groups in total. The molecule has 1 aliphatic heterocycles. The first kappa shape index (κ1) is 15.5. The van der Waals surface area contributed by atoms with Crippen molar-refractivity contribution < 1.29 is 9.53 Å². The zero-order valence-corrected chi connectivity index (χ0v) is 13.4. The number of carbonyl (C=O) groups excluding carboxylic acids is 1. The van der Waals surface area contributed by atoms with Crippen LogP contribution in [0.4, 0.5) is 10.6 Å². The molecule has 0 aliphatic carbocycles. The molecule has 1 saturated heterocycles. The largest absolute Gasteiger partial charge is 0.373 e. The fourth-order valence-corrected chi connectivity index (χ4v) is 2.59. The molecule has 7 heteroatoms. The summed E-state index contributed by atoms with van der Waals surface area (Å²) in [6, 6.07) is 5.41. The zero-order chi connectivity index (χ0) is 16.2. The predicted octanol–water partition coefficient (Wildman–Crippen LogP) is 1.83. The van der Waals surface area contributed by atoms with Gasteiger partial charge in [-0.05, 0) is 31.5 Å². The van der Waals surface area contributed by atoms with Crippen LogP contribution in [0.15, 0.2) is 30.6 Å². The third-order valence-electron chi connectivity index (χ3n) is 3.70. The number of anilines is 1. The molecule has 0 bridgehead atoms. The fraction of sp³-hybridized carbons (Fsp3) is 0.438. The average Bonchev–Trinajstić information content (AvgIpc) is 2.92. The molecular weight excluding hydrogens is 294 g/mol. The molecule has 2 aromatic rings. The van der Waals surface area contributed by atoms with Crippen molar-refractivity contribution in [3.8, 4) is 0 Å². The second-order valence-electron chi connectivity index (χ2n) is 5.77. The first-order valence-electron chi connectivity index (χ1n) is 7.70. The van der Waals surface area contributed by atoms with Crippen LogP contribution in [0, 0.1) is 13.8 Å². The van der Waals surface area contributed by atoms with Crippen LogP contribution in [0.25, 0.3) is 0 Å². The van der Waals surface area contributed by atoms with Crippen LogP contribution in [-0.2, 0) is 11.3 Å². The first-order chi connectivity index (χ1) is 11.1. The van der Waals surface area contributed by atoms with Crippen LogP contribution in [0.5, 0.6) is 0 Å². The Labute approximate surface area is 135 Å². The van der Waals surface area contributed by atoms with E-state index in [-0.39, 0.29) is 12.1 Å². The Kier molecular flexibility index (Phi) is 4.57. The van der Waals surface area contributed by atoms with Gasteiger partial charge in [0.25, 0.3) is 0 Å². The molecule has 0 radical (unpaired) electrons. The van der Waals surface area contributed by atoms with Gasteiger partial charge in [0, 0.05) is 18.4 Å². The molecule has 3 rings (SSSR count). The van der Waals surface area contributed by atoms with E-state index in [1.165, 1.54) is 0 Å². The van der Waals surface area contributed by atoms with Crippen LogP contribution in [-0.4, -0.2) is 51.5 Å². The van der Waals surface area contributed by atoms with E-state index in [2.05, 4.69) is 15.4 Å². The van der Waals surface area contributed by atoms with E-state index in [0.717, 1.165) is 11.3 Å². The number of urea groups is 1.